The molecule has 102 valence electrons. The number of nitrogens with one attached hydrogen (secondary N) is 1. The molecule has 0 aliphatic carbocycles. The van der Waals surface area contributed by atoms with Crippen molar-refractivity contribution in [1.82, 2.24) is 15.1 Å². The topological polar surface area (TPSA) is 39.1 Å². The van der Waals surface area contributed by atoms with Gasteiger partial charge >= 0.3 is 0 Å². The summed E-state index contributed by atoms with van der Waals surface area (Å²) < 4.78 is 7.15. The zero-order chi connectivity index (χ0) is 13.5. The summed E-state index contributed by atoms with van der Waals surface area (Å²) in [6.07, 6.45) is 3.08. The normalized spacial score (nSPS) is 12.5. The van der Waals surface area contributed by atoms with Gasteiger partial charge in [-0.2, -0.15) is 5.10 Å². The molecule has 0 radical (unpaired) electrons. The molecule has 0 aliphatic rings. The van der Waals surface area contributed by atoms with Crippen molar-refractivity contribution < 1.29 is 4.74 Å². The smallest absolute Gasteiger partial charge is 0.0821 e. The second-order valence-electron chi connectivity index (χ2n) is 4.48. The molecule has 1 unspecified atom stereocenters. The van der Waals surface area contributed by atoms with Gasteiger partial charge in [0.2, 0.25) is 0 Å². The SMILES string of the molecule is CCCNC(COC)c1ccn(-c2ccccc2)n1. The van der Waals surface area contributed by atoms with Crippen molar-refractivity contribution in [3.63, 3.8) is 0 Å². The molecule has 2 aromatic rings. The van der Waals surface area contributed by atoms with E-state index >= 15 is 0 Å². The number of hydrogen-bond donors (Lipinski definition) is 1. The van der Waals surface area contributed by atoms with Crippen LogP contribution in [0.3, 0.4) is 0 Å². The van der Waals surface area contributed by atoms with E-state index in [9.17, 15) is 0 Å². The first-order chi connectivity index (χ1) is 9.35. The van der Waals surface area contributed by atoms with Crippen molar-refractivity contribution in [3.05, 3.63) is 48.3 Å². The summed E-state index contributed by atoms with van der Waals surface area (Å²) in [4.78, 5) is 0. The summed E-state index contributed by atoms with van der Waals surface area (Å²) in [6, 6.07) is 12.3. The molecule has 0 saturated heterocycles. The number of rotatable bonds is 7. The number of ether oxygens (including phenoxy) is 1. The largest absolute Gasteiger partial charge is 0.383 e. The highest BCUT2D eigenvalue weighted by Crippen LogP contribution is 2.13. The van der Waals surface area contributed by atoms with Crippen LogP contribution in [-0.4, -0.2) is 30.0 Å². The monoisotopic (exact) mass is 259 g/mol. The van der Waals surface area contributed by atoms with Gasteiger partial charge in [0.1, 0.15) is 0 Å². The van der Waals surface area contributed by atoms with E-state index in [1.54, 1.807) is 7.11 Å². The Hall–Kier alpha value is -1.65. The van der Waals surface area contributed by atoms with Crippen LogP contribution < -0.4 is 5.32 Å². The van der Waals surface area contributed by atoms with E-state index in [-0.39, 0.29) is 6.04 Å². The molecule has 4 heteroatoms. The number of hydrogen-bond acceptors (Lipinski definition) is 3. The zero-order valence-corrected chi connectivity index (χ0v) is 11.5. The summed E-state index contributed by atoms with van der Waals surface area (Å²) in [5, 5.41) is 8.08. The minimum atomic E-state index is 0.148. The summed E-state index contributed by atoms with van der Waals surface area (Å²) in [7, 11) is 1.72. The third-order valence-corrected chi connectivity index (χ3v) is 2.96. The average Bonchev–Trinajstić information content (AvgIpc) is 2.94. The fraction of sp³-hybridized carbons (Fsp3) is 0.400. The fourth-order valence-electron chi connectivity index (χ4n) is 1.98. The Labute approximate surface area is 114 Å². The molecule has 1 aromatic heterocycles. The zero-order valence-electron chi connectivity index (χ0n) is 11.5. The first-order valence-corrected chi connectivity index (χ1v) is 6.68. The third-order valence-electron chi connectivity index (χ3n) is 2.96. The number of nitrogens with zero attached hydrogens (tertiary/aromatic N) is 2. The number of para-hydroxylation sites is 1. The van der Waals surface area contributed by atoms with E-state index in [1.165, 1.54) is 0 Å². The van der Waals surface area contributed by atoms with Crippen LogP contribution >= 0.6 is 0 Å². The molecule has 4 nitrogen and oxygen atoms in total. The van der Waals surface area contributed by atoms with Crippen LogP contribution in [0.5, 0.6) is 0 Å². The molecule has 0 bridgehead atoms. The lowest BCUT2D eigenvalue weighted by Gasteiger charge is -2.15. The van der Waals surface area contributed by atoms with Crippen LogP contribution in [0, 0.1) is 0 Å². The first kappa shape index (κ1) is 13.8. The van der Waals surface area contributed by atoms with Crippen LogP contribution in [-0.2, 0) is 4.74 Å². The van der Waals surface area contributed by atoms with Gasteiger partial charge in [-0.05, 0) is 31.2 Å². The average molecular weight is 259 g/mol. The molecular formula is C15H21N3O. The molecule has 0 fully saturated rings. The van der Waals surface area contributed by atoms with Gasteiger partial charge in [0.25, 0.3) is 0 Å². The minimum absolute atomic E-state index is 0.148. The van der Waals surface area contributed by atoms with Crippen LogP contribution in [0.4, 0.5) is 0 Å². The Morgan fingerprint density at radius 2 is 2.05 bits per heavy atom. The van der Waals surface area contributed by atoms with Gasteiger partial charge in [-0.3, -0.25) is 0 Å². The van der Waals surface area contributed by atoms with Gasteiger partial charge < -0.3 is 10.1 Å². The van der Waals surface area contributed by atoms with E-state index < -0.39 is 0 Å². The van der Waals surface area contributed by atoms with E-state index in [0.717, 1.165) is 24.3 Å². The van der Waals surface area contributed by atoms with Gasteiger partial charge in [-0.25, -0.2) is 4.68 Å². The molecule has 1 N–H and O–H groups in total. The molecule has 0 spiro atoms. The highest BCUT2D eigenvalue weighted by molar-refractivity contribution is 5.30. The second kappa shape index (κ2) is 7.07. The van der Waals surface area contributed by atoms with Gasteiger partial charge in [0.15, 0.2) is 0 Å². The van der Waals surface area contributed by atoms with Crippen molar-refractivity contribution >= 4 is 0 Å². The number of aromatic nitrogens is 2. The Kier molecular flexibility index (Phi) is 5.12. The lowest BCUT2D eigenvalue weighted by molar-refractivity contribution is 0.165. The second-order valence-corrected chi connectivity index (χ2v) is 4.48. The van der Waals surface area contributed by atoms with E-state index in [2.05, 4.69) is 17.3 Å². The molecule has 0 amide bonds. The molecular weight excluding hydrogens is 238 g/mol. The molecule has 1 atom stereocenters. The van der Waals surface area contributed by atoms with Gasteiger partial charge in [0, 0.05) is 13.3 Å². The predicted octanol–water partition coefficient (Wildman–Crippen LogP) is 2.56. The molecule has 0 saturated carbocycles. The highest BCUT2D eigenvalue weighted by Gasteiger charge is 2.13. The third kappa shape index (κ3) is 3.66. The lowest BCUT2D eigenvalue weighted by Crippen LogP contribution is -2.26. The Balaban J connectivity index is 2.14. The number of methoxy groups -OCH3 is 1. The van der Waals surface area contributed by atoms with Crippen molar-refractivity contribution in [2.24, 2.45) is 0 Å². The van der Waals surface area contributed by atoms with Crippen LogP contribution in [0.2, 0.25) is 0 Å². The van der Waals surface area contributed by atoms with E-state index in [4.69, 9.17) is 4.74 Å². The Bertz CT molecular complexity index is 481. The van der Waals surface area contributed by atoms with Gasteiger partial charge in [-0.15, -0.1) is 0 Å². The molecule has 2 rings (SSSR count). The Morgan fingerprint density at radius 1 is 1.26 bits per heavy atom. The number of benzene rings is 1. The van der Waals surface area contributed by atoms with Crippen LogP contribution in [0.1, 0.15) is 25.1 Å². The van der Waals surface area contributed by atoms with E-state index in [1.807, 2.05) is 47.3 Å². The van der Waals surface area contributed by atoms with Crippen molar-refractivity contribution in [2.75, 3.05) is 20.3 Å². The summed E-state index contributed by atoms with van der Waals surface area (Å²) in [5.74, 6) is 0. The van der Waals surface area contributed by atoms with Crippen molar-refractivity contribution in [2.45, 2.75) is 19.4 Å². The fourth-order valence-corrected chi connectivity index (χ4v) is 1.98. The maximum absolute atomic E-state index is 5.26. The Morgan fingerprint density at radius 3 is 2.74 bits per heavy atom. The molecule has 19 heavy (non-hydrogen) atoms. The molecule has 0 aliphatic heterocycles. The highest BCUT2D eigenvalue weighted by atomic mass is 16.5. The predicted molar refractivity (Wildman–Crippen MR) is 76.5 cm³/mol. The summed E-state index contributed by atoms with van der Waals surface area (Å²) in [5.41, 5.74) is 2.08. The standard InChI is InChI=1S/C15H21N3O/c1-3-10-16-15(12-19-2)14-9-11-18(17-14)13-7-5-4-6-8-13/h4-9,11,15-16H,3,10,12H2,1-2H3. The first-order valence-electron chi connectivity index (χ1n) is 6.68. The van der Waals surface area contributed by atoms with Gasteiger partial charge in [-0.1, -0.05) is 25.1 Å². The van der Waals surface area contributed by atoms with Crippen molar-refractivity contribution in [3.8, 4) is 5.69 Å². The van der Waals surface area contributed by atoms with Crippen LogP contribution in [0.25, 0.3) is 5.69 Å². The van der Waals surface area contributed by atoms with Crippen molar-refractivity contribution in [1.29, 1.82) is 0 Å². The molecule has 1 aromatic carbocycles. The van der Waals surface area contributed by atoms with Crippen LogP contribution in [0.15, 0.2) is 42.6 Å². The minimum Gasteiger partial charge on any atom is -0.383 e. The maximum Gasteiger partial charge on any atom is 0.0821 e. The van der Waals surface area contributed by atoms with Gasteiger partial charge in [0.05, 0.1) is 24.0 Å². The lowest BCUT2D eigenvalue weighted by atomic mass is 10.2. The summed E-state index contributed by atoms with van der Waals surface area (Å²) >= 11 is 0. The maximum atomic E-state index is 5.26. The molecule has 1 heterocycles. The van der Waals surface area contributed by atoms with E-state index in [0.29, 0.717) is 6.61 Å². The summed E-state index contributed by atoms with van der Waals surface area (Å²) in [6.45, 7) is 3.75. The quantitative estimate of drug-likeness (QED) is 0.830.